The first-order valence-corrected chi connectivity index (χ1v) is 6.09. The van der Waals surface area contributed by atoms with Crippen molar-refractivity contribution in [1.29, 1.82) is 0 Å². The van der Waals surface area contributed by atoms with Gasteiger partial charge in [0.05, 0.1) is 6.10 Å². The highest BCUT2D eigenvalue weighted by molar-refractivity contribution is 4.87. The van der Waals surface area contributed by atoms with Crippen LogP contribution in [0.25, 0.3) is 0 Å². The molecule has 0 aromatic heterocycles. The van der Waals surface area contributed by atoms with E-state index in [2.05, 4.69) is 12.2 Å². The molecule has 2 aliphatic rings. The van der Waals surface area contributed by atoms with E-state index in [1.165, 1.54) is 32.1 Å². The van der Waals surface area contributed by atoms with Crippen molar-refractivity contribution in [3.05, 3.63) is 0 Å². The predicted molar refractivity (Wildman–Crippen MR) is 58.2 cm³/mol. The third-order valence-corrected chi connectivity index (χ3v) is 4.02. The Morgan fingerprint density at radius 1 is 1.29 bits per heavy atom. The molecule has 0 heterocycles. The lowest BCUT2D eigenvalue weighted by atomic mass is 9.70. The summed E-state index contributed by atoms with van der Waals surface area (Å²) in [5, 5.41) is 13.2. The van der Waals surface area contributed by atoms with E-state index in [1.807, 2.05) is 0 Å². The Labute approximate surface area is 87.1 Å². The number of aliphatic hydroxyl groups excluding tert-OH is 1. The highest BCUT2D eigenvalue weighted by atomic mass is 16.3. The summed E-state index contributed by atoms with van der Waals surface area (Å²) in [6.07, 6.45) is 8.56. The Kier molecular flexibility index (Phi) is 3.13. The molecular formula is C12H23NO. The number of hydrogen-bond donors (Lipinski definition) is 2. The molecule has 2 heteroatoms. The summed E-state index contributed by atoms with van der Waals surface area (Å²) in [4.78, 5) is 0. The van der Waals surface area contributed by atoms with Crippen LogP contribution in [0.2, 0.25) is 0 Å². The van der Waals surface area contributed by atoms with Crippen molar-refractivity contribution >= 4 is 0 Å². The zero-order valence-electron chi connectivity index (χ0n) is 9.26. The molecule has 0 bridgehead atoms. The summed E-state index contributed by atoms with van der Waals surface area (Å²) in [7, 11) is 0. The summed E-state index contributed by atoms with van der Waals surface area (Å²) >= 11 is 0. The SMILES string of the molecule is CC1(CN[C@H]2CCC[C@@H](O)C2)CCC1. The summed E-state index contributed by atoms with van der Waals surface area (Å²) < 4.78 is 0. The van der Waals surface area contributed by atoms with Gasteiger partial charge in [0.15, 0.2) is 0 Å². The van der Waals surface area contributed by atoms with Gasteiger partial charge in [0.1, 0.15) is 0 Å². The molecule has 2 N–H and O–H groups in total. The third kappa shape index (κ3) is 2.48. The van der Waals surface area contributed by atoms with Gasteiger partial charge in [0, 0.05) is 12.6 Å². The molecule has 2 aliphatic carbocycles. The monoisotopic (exact) mass is 197 g/mol. The first-order chi connectivity index (χ1) is 6.68. The van der Waals surface area contributed by atoms with Gasteiger partial charge < -0.3 is 10.4 Å². The van der Waals surface area contributed by atoms with E-state index in [4.69, 9.17) is 0 Å². The zero-order chi connectivity index (χ0) is 10.0. The second-order valence-electron chi connectivity index (χ2n) is 5.56. The molecule has 0 aromatic rings. The molecule has 2 nitrogen and oxygen atoms in total. The quantitative estimate of drug-likeness (QED) is 0.726. The molecule has 14 heavy (non-hydrogen) atoms. The van der Waals surface area contributed by atoms with E-state index in [-0.39, 0.29) is 6.10 Å². The van der Waals surface area contributed by atoms with Crippen LogP contribution in [0.1, 0.15) is 51.9 Å². The summed E-state index contributed by atoms with van der Waals surface area (Å²) in [5.41, 5.74) is 0.572. The van der Waals surface area contributed by atoms with Crippen molar-refractivity contribution < 1.29 is 5.11 Å². The van der Waals surface area contributed by atoms with Crippen molar-refractivity contribution in [3.63, 3.8) is 0 Å². The van der Waals surface area contributed by atoms with E-state index in [1.54, 1.807) is 0 Å². The van der Waals surface area contributed by atoms with Gasteiger partial charge in [-0.25, -0.2) is 0 Å². The average Bonchev–Trinajstić information content (AvgIpc) is 2.12. The molecule has 0 aromatic carbocycles. The standard InChI is InChI=1S/C12H23NO/c1-12(6-3-7-12)9-13-10-4-2-5-11(14)8-10/h10-11,13-14H,2-9H2,1H3/t10-,11+/m0/s1. The van der Waals surface area contributed by atoms with Crippen LogP contribution in [0, 0.1) is 5.41 Å². The lowest BCUT2D eigenvalue weighted by molar-refractivity contribution is 0.0966. The van der Waals surface area contributed by atoms with Gasteiger partial charge >= 0.3 is 0 Å². The minimum absolute atomic E-state index is 0.0459. The van der Waals surface area contributed by atoms with Crippen LogP contribution in [0.4, 0.5) is 0 Å². The maximum Gasteiger partial charge on any atom is 0.0555 e. The Bertz CT molecular complexity index is 189. The second-order valence-corrected chi connectivity index (χ2v) is 5.56. The Morgan fingerprint density at radius 3 is 2.64 bits per heavy atom. The molecule has 2 atom stereocenters. The van der Waals surface area contributed by atoms with Gasteiger partial charge in [-0.3, -0.25) is 0 Å². The van der Waals surface area contributed by atoms with Crippen molar-refractivity contribution in [3.8, 4) is 0 Å². The Hall–Kier alpha value is -0.0800. The molecule has 0 amide bonds. The molecule has 2 saturated carbocycles. The molecule has 2 fully saturated rings. The third-order valence-electron chi connectivity index (χ3n) is 4.02. The predicted octanol–water partition coefficient (Wildman–Crippen LogP) is 2.07. The second kappa shape index (κ2) is 4.19. The minimum Gasteiger partial charge on any atom is -0.393 e. The van der Waals surface area contributed by atoms with E-state index >= 15 is 0 Å². The minimum atomic E-state index is -0.0459. The van der Waals surface area contributed by atoms with Crippen LogP contribution in [0.3, 0.4) is 0 Å². The number of aliphatic hydroxyl groups is 1. The maximum absolute atomic E-state index is 9.54. The van der Waals surface area contributed by atoms with Crippen LogP contribution in [-0.2, 0) is 0 Å². The highest BCUT2D eigenvalue weighted by Crippen LogP contribution is 2.39. The van der Waals surface area contributed by atoms with Crippen LogP contribution in [0.5, 0.6) is 0 Å². The maximum atomic E-state index is 9.54. The number of rotatable bonds is 3. The van der Waals surface area contributed by atoms with Gasteiger partial charge in [0.25, 0.3) is 0 Å². The van der Waals surface area contributed by atoms with Crippen molar-refractivity contribution in [1.82, 2.24) is 5.32 Å². The van der Waals surface area contributed by atoms with E-state index in [0.717, 1.165) is 19.4 Å². The van der Waals surface area contributed by atoms with E-state index < -0.39 is 0 Å². The lowest BCUT2D eigenvalue weighted by Crippen LogP contribution is -2.44. The Balaban J connectivity index is 1.69. The topological polar surface area (TPSA) is 32.3 Å². The van der Waals surface area contributed by atoms with Gasteiger partial charge in [-0.2, -0.15) is 0 Å². The molecular weight excluding hydrogens is 174 g/mol. The van der Waals surface area contributed by atoms with Gasteiger partial charge in [0.2, 0.25) is 0 Å². The Morgan fingerprint density at radius 2 is 2.07 bits per heavy atom. The fourth-order valence-corrected chi connectivity index (χ4v) is 2.70. The summed E-state index contributed by atoms with van der Waals surface area (Å²) in [6, 6.07) is 0.580. The van der Waals surface area contributed by atoms with Crippen LogP contribution in [-0.4, -0.2) is 23.8 Å². The summed E-state index contributed by atoms with van der Waals surface area (Å²) in [5.74, 6) is 0. The van der Waals surface area contributed by atoms with Gasteiger partial charge in [-0.15, -0.1) is 0 Å². The van der Waals surface area contributed by atoms with E-state index in [0.29, 0.717) is 11.5 Å². The molecule has 0 unspecified atom stereocenters. The summed E-state index contributed by atoms with van der Waals surface area (Å²) in [6.45, 7) is 3.53. The molecule has 0 saturated heterocycles. The van der Waals surface area contributed by atoms with Crippen LogP contribution < -0.4 is 5.32 Å². The molecule has 0 aliphatic heterocycles. The van der Waals surface area contributed by atoms with Gasteiger partial charge in [-0.1, -0.05) is 13.3 Å². The van der Waals surface area contributed by atoms with Crippen molar-refractivity contribution in [2.75, 3.05) is 6.54 Å². The molecule has 0 radical (unpaired) electrons. The van der Waals surface area contributed by atoms with Crippen LogP contribution in [0.15, 0.2) is 0 Å². The molecule has 2 rings (SSSR count). The molecule has 0 spiro atoms. The van der Waals surface area contributed by atoms with Crippen molar-refractivity contribution in [2.45, 2.75) is 64.0 Å². The van der Waals surface area contributed by atoms with Crippen molar-refractivity contribution in [2.24, 2.45) is 5.41 Å². The first kappa shape index (κ1) is 10.4. The fraction of sp³-hybridized carbons (Fsp3) is 1.00. The number of hydrogen-bond acceptors (Lipinski definition) is 2. The lowest BCUT2D eigenvalue weighted by Gasteiger charge is -2.40. The zero-order valence-corrected chi connectivity index (χ0v) is 9.26. The molecule has 82 valence electrons. The smallest absolute Gasteiger partial charge is 0.0555 e. The fourth-order valence-electron chi connectivity index (χ4n) is 2.70. The van der Waals surface area contributed by atoms with Gasteiger partial charge in [-0.05, 0) is 43.9 Å². The first-order valence-electron chi connectivity index (χ1n) is 6.09. The average molecular weight is 197 g/mol. The van der Waals surface area contributed by atoms with Crippen LogP contribution >= 0.6 is 0 Å². The normalized spacial score (nSPS) is 36.4. The number of nitrogens with one attached hydrogen (secondary N) is 1. The largest absolute Gasteiger partial charge is 0.393 e. The highest BCUT2D eigenvalue weighted by Gasteiger charge is 2.32. The van der Waals surface area contributed by atoms with E-state index in [9.17, 15) is 5.11 Å².